The van der Waals surface area contributed by atoms with Gasteiger partial charge in [-0.25, -0.2) is 0 Å². The van der Waals surface area contributed by atoms with Gasteiger partial charge in [0.05, 0.1) is 12.1 Å². The molecule has 0 aromatic carbocycles. The van der Waals surface area contributed by atoms with Crippen molar-refractivity contribution in [3.05, 3.63) is 17.5 Å². The monoisotopic (exact) mass is 256 g/mol. The van der Waals surface area contributed by atoms with Gasteiger partial charge >= 0.3 is 0 Å². The van der Waals surface area contributed by atoms with Gasteiger partial charge in [0.25, 0.3) is 0 Å². The number of amides is 1. The number of likely N-dealkylation sites (N-methyl/N-ethyl adjacent to an activating group) is 1. The summed E-state index contributed by atoms with van der Waals surface area (Å²) in [6.07, 6.45) is 0.314. The summed E-state index contributed by atoms with van der Waals surface area (Å²) in [4.78, 5) is 13.7. The summed E-state index contributed by atoms with van der Waals surface area (Å²) in [5.74, 6) is 2.87. The van der Waals surface area contributed by atoms with Gasteiger partial charge in [-0.1, -0.05) is 12.1 Å². The minimum absolute atomic E-state index is 0.0857. The van der Waals surface area contributed by atoms with Gasteiger partial charge in [-0.05, 0) is 19.6 Å². The van der Waals surface area contributed by atoms with Crippen LogP contribution in [-0.4, -0.2) is 40.6 Å². The number of rotatable bonds is 6. The molecule has 5 heteroatoms. The second-order valence-corrected chi connectivity index (χ2v) is 5.44. The first-order valence-corrected chi connectivity index (χ1v) is 6.95. The number of thioether (sulfide) groups is 1. The standard InChI is InChI=1S/C12H20N2O2S/c1-5-17-8-9(2)14(4)12(15)7-11-6-10(3)16-13-11/h6,9H,5,7-8H2,1-4H3. The Bertz CT molecular complexity index is 365. The molecule has 4 nitrogen and oxygen atoms in total. The molecule has 0 aliphatic heterocycles. The molecule has 0 aliphatic carbocycles. The summed E-state index contributed by atoms with van der Waals surface area (Å²) in [7, 11) is 1.84. The second kappa shape index (κ2) is 6.69. The predicted molar refractivity (Wildman–Crippen MR) is 70.2 cm³/mol. The SMILES string of the molecule is CCSCC(C)N(C)C(=O)Cc1cc(C)on1. The maximum atomic E-state index is 12.0. The highest BCUT2D eigenvalue weighted by Crippen LogP contribution is 2.09. The molecule has 1 atom stereocenters. The van der Waals surface area contributed by atoms with Gasteiger partial charge in [0.1, 0.15) is 5.76 Å². The predicted octanol–water partition coefficient (Wildman–Crippen LogP) is 2.13. The molecule has 0 aliphatic rings. The minimum Gasteiger partial charge on any atom is -0.361 e. The van der Waals surface area contributed by atoms with E-state index in [4.69, 9.17) is 4.52 Å². The van der Waals surface area contributed by atoms with Gasteiger partial charge in [0, 0.05) is 24.9 Å². The molecule has 0 fully saturated rings. The van der Waals surface area contributed by atoms with Crippen LogP contribution in [0.1, 0.15) is 25.3 Å². The molecule has 0 saturated heterocycles. The molecule has 96 valence electrons. The van der Waals surface area contributed by atoms with Crippen LogP contribution in [0.4, 0.5) is 0 Å². The largest absolute Gasteiger partial charge is 0.361 e. The van der Waals surface area contributed by atoms with E-state index in [-0.39, 0.29) is 11.9 Å². The molecule has 1 aromatic rings. The zero-order valence-electron chi connectivity index (χ0n) is 10.9. The van der Waals surface area contributed by atoms with Crippen LogP contribution >= 0.6 is 11.8 Å². The first-order chi connectivity index (χ1) is 8.04. The molecule has 17 heavy (non-hydrogen) atoms. The first-order valence-electron chi connectivity index (χ1n) is 5.80. The molecule has 0 N–H and O–H groups in total. The number of aromatic nitrogens is 1. The highest BCUT2D eigenvalue weighted by Gasteiger charge is 2.17. The van der Waals surface area contributed by atoms with Crippen LogP contribution in [0, 0.1) is 6.92 Å². The van der Waals surface area contributed by atoms with E-state index >= 15 is 0 Å². The molecular formula is C12H20N2O2S. The Hall–Kier alpha value is -0.970. The molecule has 0 bridgehead atoms. The van der Waals surface area contributed by atoms with E-state index in [9.17, 15) is 4.79 Å². The number of hydrogen-bond acceptors (Lipinski definition) is 4. The molecule has 0 radical (unpaired) electrons. The van der Waals surface area contributed by atoms with E-state index < -0.39 is 0 Å². The van der Waals surface area contributed by atoms with Crippen molar-refractivity contribution in [3.63, 3.8) is 0 Å². The second-order valence-electron chi connectivity index (χ2n) is 4.12. The van der Waals surface area contributed by atoms with Crippen molar-refractivity contribution in [3.8, 4) is 0 Å². The summed E-state index contributed by atoms with van der Waals surface area (Å²) >= 11 is 1.84. The third-order valence-electron chi connectivity index (χ3n) is 2.63. The maximum absolute atomic E-state index is 12.0. The Labute approximate surface area is 107 Å². The fourth-order valence-electron chi connectivity index (χ4n) is 1.43. The van der Waals surface area contributed by atoms with Crippen LogP contribution in [0.15, 0.2) is 10.6 Å². The van der Waals surface area contributed by atoms with Crippen LogP contribution in [-0.2, 0) is 11.2 Å². The van der Waals surface area contributed by atoms with E-state index in [2.05, 4.69) is 19.0 Å². The Balaban J connectivity index is 2.46. The molecule has 1 unspecified atom stereocenters. The number of carbonyl (C=O) groups is 1. The lowest BCUT2D eigenvalue weighted by molar-refractivity contribution is -0.130. The van der Waals surface area contributed by atoms with Gasteiger partial charge in [-0.2, -0.15) is 11.8 Å². The summed E-state index contributed by atoms with van der Waals surface area (Å²) in [6, 6.07) is 2.05. The molecular weight excluding hydrogens is 236 g/mol. The summed E-state index contributed by atoms with van der Waals surface area (Å²) in [5, 5.41) is 3.83. The van der Waals surface area contributed by atoms with Crippen LogP contribution in [0.2, 0.25) is 0 Å². The van der Waals surface area contributed by atoms with Crippen molar-refractivity contribution in [1.29, 1.82) is 0 Å². The van der Waals surface area contributed by atoms with E-state index in [1.165, 1.54) is 0 Å². The Morgan fingerprint density at radius 2 is 2.35 bits per heavy atom. The molecule has 1 rings (SSSR count). The number of nitrogens with zero attached hydrogens (tertiary/aromatic N) is 2. The number of aryl methyl sites for hydroxylation is 1. The molecule has 0 spiro atoms. The van der Waals surface area contributed by atoms with Crippen molar-refractivity contribution in [2.75, 3.05) is 18.6 Å². The third kappa shape index (κ3) is 4.42. The van der Waals surface area contributed by atoms with Crippen molar-refractivity contribution in [2.45, 2.75) is 33.2 Å². The first kappa shape index (κ1) is 14.1. The lowest BCUT2D eigenvalue weighted by Gasteiger charge is -2.24. The van der Waals surface area contributed by atoms with Crippen molar-refractivity contribution < 1.29 is 9.32 Å². The molecule has 1 heterocycles. The molecule has 1 aromatic heterocycles. The van der Waals surface area contributed by atoms with Gasteiger partial charge in [-0.15, -0.1) is 0 Å². The minimum atomic E-state index is 0.0857. The molecule has 0 saturated carbocycles. The highest BCUT2D eigenvalue weighted by atomic mass is 32.2. The van der Waals surface area contributed by atoms with Gasteiger partial charge < -0.3 is 9.42 Å². The van der Waals surface area contributed by atoms with Crippen LogP contribution in [0.5, 0.6) is 0 Å². The van der Waals surface area contributed by atoms with Crippen molar-refractivity contribution in [2.24, 2.45) is 0 Å². The normalized spacial score (nSPS) is 12.5. The van der Waals surface area contributed by atoms with Crippen molar-refractivity contribution >= 4 is 17.7 Å². The number of carbonyl (C=O) groups excluding carboxylic acids is 1. The average molecular weight is 256 g/mol. The van der Waals surface area contributed by atoms with E-state index in [1.807, 2.05) is 25.7 Å². The Kier molecular flexibility index (Phi) is 5.55. The quantitative estimate of drug-likeness (QED) is 0.782. The fraction of sp³-hybridized carbons (Fsp3) is 0.667. The van der Waals surface area contributed by atoms with Crippen LogP contribution < -0.4 is 0 Å². The van der Waals surface area contributed by atoms with Crippen molar-refractivity contribution in [1.82, 2.24) is 10.1 Å². The Morgan fingerprint density at radius 3 is 2.88 bits per heavy atom. The topological polar surface area (TPSA) is 46.3 Å². The van der Waals surface area contributed by atoms with E-state index in [1.54, 1.807) is 11.0 Å². The lowest BCUT2D eigenvalue weighted by Crippen LogP contribution is -2.37. The third-order valence-corrected chi connectivity index (χ3v) is 3.75. The summed E-state index contributed by atoms with van der Waals surface area (Å²) in [6.45, 7) is 6.01. The van der Waals surface area contributed by atoms with Gasteiger partial charge in [0.15, 0.2) is 0 Å². The summed E-state index contributed by atoms with van der Waals surface area (Å²) < 4.78 is 4.95. The zero-order chi connectivity index (χ0) is 12.8. The smallest absolute Gasteiger partial charge is 0.228 e. The zero-order valence-corrected chi connectivity index (χ0v) is 11.7. The van der Waals surface area contributed by atoms with E-state index in [0.29, 0.717) is 12.1 Å². The lowest BCUT2D eigenvalue weighted by atomic mass is 10.2. The van der Waals surface area contributed by atoms with Gasteiger partial charge in [0.2, 0.25) is 5.91 Å². The Morgan fingerprint density at radius 1 is 1.65 bits per heavy atom. The van der Waals surface area contributed by atoms with Crippen LogP contribution in [0.25, 0.3) is 0 Å². The maximum Gasteiger partial charge on any atom is 0.228 e. The van der Waals surface area contributed by atoms with Gasteiger partial charge in [-0.3, -0.25) is 4.79 Å². The van der Waals surface area contributed by atoms with E-state index in [0.717, 1.165) is 17.3 Å². The summed E-state index contributed by atoms with van der Waals surface area (Å²) in [5.41, 5.74) is 0.703. The fourth-order valence-corrected chi connectivity index (χ4v) is 2.23. The van der Waals surface area contributed by atoms with Crippen LogP contribution in [0.3, 0.4) is 0 Å². The number of hydrogen-bond donors (Lipinski definition) is 0. The average Bonchev–Trinajstić information content (AvgIpc) is 2.70. The molecule has 1 amide bonds. The highest BCUT2D eigenvalue weighted by molar-refractivity contribution is 7.99.